The smallest absolute Gasteiger partial charge is 0.326 e. The summed E-state index contributed by atoms with van der Waals surface area (Å²) in [4.78, 5) is 10.6. The standard InChI is InChI=1S/C8H17NO3.C7H8O3S/c1-5(2)4-8(9,6(3)10)7(11)12;1-6-2-4-7(5-3-6)11(8,9)10/h5-6,10H,4,9H2,1-3H3,(H,11,12);2-5H,1H3,(H,8,9,10). The van der Waals surface area contributed by atoms with Gasteiger partial charge in [-0.3, -0.25) is 9.35 Å². The van der Waals surface area contributed by atoms with E-state index in [1.165, 1.54) is 19.1 Å². The van der Waals surface area contributed by atoms with Crippen LogP contribution in [0.15, 0.2) is 29.2 Å². The molecule has 23 heavy (non-hydrogen) atoms. The zero-order valence-corrected chi connectivity index (χ0v) is 14.5. The molecule has 1 aromatic rings. The van der Waals surface area contributed by atoms with Gasteiger partial charge in [0.2, 0.25) is 0 Å². The minimum Gasteiger partial charge on any atom is -0.480 e. The van der Waals surface area contributed by atoms with Crippen molar-refractivity contribution in [3.8, 4) is 0 Å². The summed E-state index contributed by atoms with van der Waals surface area (Å²) in [5, 5.41) is 18.0. The van der Waals surface area contributed by atoms with Gasteiger partial charge in [0, 0.05) is 0 Å². The van der Waals surface area contributed by atoms with Crippen molar-refractivity contribution < 1.29 is 28.0 Å². The topological polar surface area (TPSA) is 138 Å². The fourth-order valence-electron chi connectivity index (χ4n) is 1.82. The largest absolute Gasteiger partial charge is 0.480 e. The van der Waals surface area contributed by atoms with Crippen LogP contribution in [0.4, 0.5) is 0 Å². The lowest BCUT2D eigenvalue weighted by molar-refractivity contribution is -0.148. The van der Waals surface area contributed by atoms with Crippen molar-refractivity contribution in [3.63, 3.8) is 0 Å². The highest BCUT2D eigenvalue weighted by molar-refractivity contribution is 7.85. The Morgan fingerprint density at radius 1 is 1.22 bits per heavy atom. The molecule has 8 heteroatoms. The van der Waals surface area contributed by atoms with Gasteiger partial charge in [0.1, 0.15) is 5.54 Å². The molecule has 0 aliphatic rings. The number of aliphatic hydroxyl groups excluding tert-OH is 1. The molecule has 0 aliphatic heterocycles. The summed E-state index contributed by atoms with van der Waals surface area (Å²) < 4.78 is 29.6. The van der Waals surface area contributed by atoms with Crippen molar-refractivity contribution in [2.24, 2.45) is 11.7 Å². The zero-order valence-electron chi connectivity index (χ0n) is 13.7. The van der Waals surface area contributed by atoms with Gasteiger partial charge in [0.25, 0.3) is 10.1 Å². The van der Waals surface area contributed by atoms with E-state index in [1.54, 1.807) is 12.1 Å². The number of rotatable bonds is 5. The summed E-state index contributed by atoms with van der Waals surface area (Å²) >= 11 is 0. The van der Waals surface area contributed by atoms with E-state index in [4.69, 9.17) is 15.4 Å². The fraction of sp³-hybridized carbons (Fsp3) is 0.533. The third-order valence-corrected chi connectivity index (χ3v) is 4.08. The van der Waals surface area contributed by atoms with Gasteiger partial charge in [-0.15, -0.1) is 0 Å². The van der Waals surface area contributed by atoms with E-state index < -0.39 is 27.7 Å². The predicted octanol–water partition coefficient (Wildman–Crippen LogP) is 1.44. The Bertz CT molecular complexity index is 609. The second-order valence-electron chi connectivity index (χ2n) is 5.91. The third-order valence-electron chi connectivity index (χ3n) is 3.21. The van der Waals surface area contributed by atoms with Gasteiger partial charge in [0.15, 0.2) is 0 Å². The average Bonchev–Trinajstić information content (AvgIpc) is 2.37. The average molecular weight is 347 g/mol. The quantitative estimate of drug-likeness (QED) is 0.591. The maximum absolute atomic E-state index is 10.7. The molecule has 0 aromatic heterocycles. The fourth-order valence-corrected chi connectivity index (χ4v) is 2.30. The van der Waals surface area contributed by atoms with Crippen molar-refractivity contribution in [1.82, 2.24) is 0 Å². The SMILES string of the molecule is CC(C)CC(N)(C(=O)O)C(C)O.Cc1ccc(S(=O)(=O)O)cc1. The summed E-state index contributed by atoms with van der Waals surface area (Å²) in [6.45, 7) is 6.98. The van der Waals surface area contributed by atoms with E-state index in [0.717, 1.165) is 5.56 Å². The maximum Gasteiger partial charge on any atom is 0.326 e. The third kappa shape index (κ3) is 7.08. The Labute approximate surface area is 136 Å². The summed E-state index contributed by atoms with van der Waals surface area (Å²) in [6, 6.07) is 5.99. The van der Waals surface area contributed by atoms with Gasteiger partial charge in [-0.25, -0.2) is 0 Å². The Kier molecular flexibility index (Phi) is 7.85. The molecule has 0 bridgehead atoms. The van der Waals surface area contributed by atoms with Crippen molar-refractivity contribution in [2.75, 3.05) is 0 Å². The number of aliphatic hydroxyl groups is 1. The Morgan fingerprint density at radius 2 is 1.65 bits per heavy atom. The van der Waals surface area contributed by atoms with E-state index in [-0.39, 0.29) is 17.2 Å². The van der Waals surface area contributed by atoms with Crippen LogP contribution < -0.4 is 5.73 Å². The number of benzene rings is 1. The Balaban J connectivity index is 0.000000422. The molecule has 7 nitrogen and oxygen atoms in total. The number of hydrogen-bond donors (Lipinski definition) is 4. The molecule has 0 fully saturated rings. The molecule has 5 N–H and O–H groups in total. The van der Waals surface area contributed by atoms with Gasteiger partial charge in [-0.05, 0) is 38.3 Å². The first-order valence-electron chi connectivity index (χ1n) is 7.05. The number of carboxylic acids is 1. The van der Waals surface area contributed by atoms with E-state index in [0.29, 0.717) is 0 Å². The lowest BCUT2D eigenvalue weighted by Gasteiger charge is -2.29. The lowest BCUT2D eigenvalue weighted by atomic mass is 9.85. The molecule has 0 heterocycles. The lowest BCUT2D eigenvalue weighted by Crippen LogP contribution is -2.57. The van der Waals surface area contributed by atoms with Gasteiger partial charge >= 0.3 is 5.97 Å². The Hall–Kier alpha value is -1.48. The first-order chi connectivity index (χ1) is 10.3. The van der Waals surface area contributed by atoms with Crippen LogP contribution in [0.1, 0.15) is 32.8 Å². The molecule has 0 radical (unpaired) electrons. The highest BCUT2D eigenvalue weighted by Crippen LogP contribution is 2.18. The van der Waals surface area contributed by atoms with Gasteiger partial charge in [-0.1, -0.05) is 31.5 Å². The first kappa shape index (κ1) is 21.5. The van der Waals surface area contributed by atoms with Crippen LogP contribution in [0.25, 0.3) is 0 Å². The molecule has 2 unspecified atom stereocenters. The Morgan fingerprint density at radius 3 is 1.87 bits per heavy atom. The molecular weight excluding hydrogens is 322 g/mol. The molecule has 0 saturated carbocycles. The van der Waals surface area contributed by atoms with Crippen LogP contribution >= 0.6 is 0 Å². The first-order valence-corrected chi connectivity index (χ1v) is 8.49. The molecule has 0 spiro atoms. The van der Waals surface area contributed by atoms with E-state index in [1.807, 2.05) is 20.8 Å². The molecule has 1 rings (SSSR count). The predicted molar refractivity (Wildman–Crippen MR) is 86.7 cm³/mol. The van der Waals surface area contributed by atoms with Crippen LogP contribution in [0.5, 0.6) is 0 Å². The highest BCUT2D eigenvalue weighted by atomic mass is 32.2. The van der Waals surface area contributed by atoms with Crippen LogP contribution in [-0.2, 0) is 14.9 Å². The number of aliphatic carboxylic acids is 1. The van der Waals surface area contributed by atoms with E-state index in [9.17, 15) is 18.3 Å². The molecular formula is C15H25NO6S. The normalized spacial score (nSPS) is 15.3. The molecule has 0 amide bonds. The highest BCUT2D eigenvalue weighted by Gasteiger charge is 2.39. The van der Waals surface area contributed by atoms with E-state index in [2.05, 4.69) is 0 Å². The van der Waals surface area contributed by atoms with Crippen LogP contribution in [0, 0.1) is 12.8 Å². The number of carboxylic acid groups (broad SMARTS) is 1. The molecule has 0 aliphatic carbocycles. The van der Waals surface area contributed by atoms with Crippen LogP contribution in [0.2, 0.25) is 0 Å². The summed E-state index contributed by atoms with van der Waals surface area (Å²) in [5.41, 5.74) is 4.99. The molecule has 0 saturated heterocycles. The summed E-state index contributed by atoms with van der Waals surface area (Å²) in [7, 11) is -4.02. The monoisotopic (exact) mass is 347 g/mol. The van der Waals surface area contributed by atoms with Gasteiger partial charge in [-0.2, -0.15) is 8.42 Å². The van der Waals surface area contributed by atoms with Crippen molar-refractivity contribution >= 4 is 16.1 Å². The second kappa shape index (κ2) is 8.39. The second-order valence-corrected chi connectivity index (χ2v) is 7.33. The minimum atomic E-state index is -4.02. The summed E-state index contributed by atoms with van der Waals surface area (Å²) in [5.74, 6) is -0.994. The number of aryl methyl sites for hydroxylation is 1. The van der Waals surface area contributed by atoms with Gasteiger partial charge < -0.3 is 15.9 Å². The van der Waals surface area contributed by atoms with Crippen molar-refractivity contribution in [1.29, 1.82) is 0 Å². The zero-order chi connectivity index (χ0) is 18.4. The summed E-state index contributed by atoms with van der Waals surface area (Å²) in [6.07, 6.45) is -0.752. The molecule has 2 atom stereocenters. The number of hydrogen-bond acceptors (Lipinski definition) is 5. The minimum absolute atomic E-state index is 0.0666. The van der Waals surface area contributed by atoms with E-state index >= 15 is 0 Å². The van der Waals surface area contributed by atoms with Crippen LogP contribution in [0.3, 0.4) is 0 Å². The van der Waals surface area contributed by atoms with Crippen molar-refractivity contribution in [2.45, 2.75) is 50.7 Å². The van der Waals surface area contributed by atoms with Crippen LogP contribution in [-0.4, -0.2) is 40.8 Å². The number of nitrogens with two attached hydrogens (primary N) is 1. The maximum atomic E-state index is 10.7. The molecule has 1 aromatic carbocycles. The van der Waals surface area contributed by atoms with Gasteiger partial charge in [0.05, 0.1) is 11.0 Å². The number of carbonyl (C=O) groups is 1. The molecule has 132 valence electrons. The van der Waals surface area contributed by atoms with Crippen molar-refractivity contribution in [3.05, 3.63) is 29.8 Å².